The first-order chi connectivity index (χ1) is 10.8. The van der Waals surface area contributed by atoms with Crippen LogP contribution in [0.25, 0.3) is 0 Å². The number of hydrogen-bond acceptors (Lipinski definition) is 4. The maximum Gasteiger partial charge on any atom is 0.406 e. The number of aromatic nitrogens is 1. The van der Waals surface area contributed by atoms with Gasteiger partial charge in [0.25, 0.3) is 5.91 Å². The number of nitrogens with one attached hydrogen (secondary N) is 1. The second kappa shape index (κ2) is 6.84. The van der Waals surface area contributed by atoms with E-state index in [9.17, 15) is 22.8 Å². The molecule has 1 N–H and O–H groups in total. The zero-order chi connectivity index (χ0) is 17.0. The second-order valence-corrected chi connectivity index (χ2v) is 5.05. The summed E-state index contributed by atoms with van der Waals surface area (Å²) < 4.78 is 42.3. The Labute approximate surface area is 130 Å². The van der Waals surface area contributed by atoms with Crippen LogP contribution in [0, 0.1) is 0 Å². The van der Waals surface area contributed by atoms with E-state index in [-0.39, 0.29) is 24.4 Å². The van der Waals surface area contributed by atoms with Gasteiger partial charge in [0.2, 0.25) is 11.8 Å². The van der Waals surface area contributed by atoms with E-state index in [1.165, 1.54) is 12.3 Å². The van der Waals surface area contributed by atoms with E-state index >= 15 is 0 Å². The third-order valence-corrected chi connectivity index (χ3v) is 3.22. The highest BCUT2D eigenvalue weighted by molar-refractivity contribution is 5.97. The van der Waals surface area contributed by atoms with Crippen molar-refractivity contribution in [1.82, 2.24) is 15.2 Å². The van der Waals surface area contributed by atoms with Gasteiger partial charge in [-0.2, -0.15) is 13.2 Å². The Morgan fingerprint density at radius 1 is 1.52 bits per heavy atom. The van der Waals surface area contributed by atoms with Crippen LogP contribution in [0.15, 0.2) is 18.3 Å². The molecule has 1 aromatic rings. The Morgan fingerprint density at radius 2 is 2.26 bits per heavy atom. The summed E-state index contributed by atoms with van der Waals surface area (Å²) in [5, 5.41) is 2.55. The second-order valence-electron chi connectivity index (χ2n) is 5.05. The number of nitrogens with zero attached hydrogens (tertiary/aromatic N) is 2. The first-order valence-electron chi connectivity index (χ1n) is 7.03. The molecule has 2 rings (SSSR count). The van der Waals surface area contributed by atoms with E-state index in [4.69, 9.17) is 4.74 Å². The molecule has 126 valence electrons. The van der Waals surface area contributed by atoms with E-state index < -0.39 is 30.6 Å². The van der Waals surface area contributed by atoms with Gasteiger partial charge in [0.05, 0.1) is 12.6 Å². The van der Waals surface area contributed by atoms with Gasteiger partial charge < -0.3 is 15.0 Å². The molecule has 6 nitrogen and oxygen atoms in total. The lowest BCUT2D eigenvalue weighted by Gasteiger charge is -2.18. The summed E-state index contributed by atoms with van der Waals surface area (Å²) in [5.74, 6) is -1.03. The van der Waals surface area contributed by atoms with Crippen LogP contribution in [0.3, 0.4) is 0 Å². The average Bonchev–Trinajstić information content (AvgIpc) is 2.77. The molecule has 1 saturated heterocycles. The van der Waals surface area contributed by atoms with Gasteiger partial charge in [-0.15, -0.1) is 0 Å². The van der Waals surface area contributed by atoms with Crippen molar-refractivity contribution in [3.05, 3.63) is 23.9 Å². The van der Waals surface area contributed by atoms with Gasteiger partial charge in [-0.05, 0) is 19.1 Å². The lowest BCUT2D eigenvalue weighted by atomic mass is 10.2. The van der Waals surface area contributed by atoms with Crippen LogP contribution in [-0.4, -0.2) is 53.6 Å². The molecule has 0 aliphatic carbocycles. The summed E-state index contributed by atoms with van der Waals surface area (Å²) in [6.07, 6.45) is -3.15. The van der Waals surface area contributed by atoms with Crippen molar-refractivity contribution < 1.29 is 27.5 Å². The average molecular weight is 331 g/mol. The molecular formula is C14H16F3N3O3. The number of pyridine rings is 1. The van der Waals surface area contributed by atoms with Crippen LogP contribution < -0.4 is 10.1 Å². The predicted octanol–water partition coefficient (Wildman–Crippen LogP) is 1.37. The zero-order valence-corrected chi connectivity index (χ0v) is 12.4. The van der Waals surface area contributed by atoms with Crippen LogP contribution in [0.4, 0.5) is 13.2 Å². The van der Waals surface area contributed by atoms with Crippen LogP contribution in [0.2, 0.25) is 0 Å². The van der Waals surface area contributed by atoms with Crippen molar-refractivity contribution in [1.29, 1.82) is 0 Å². The maximum absolute atomic E-state index is 12.4. The van der Waals surface area contributed by atoms with Crippen LogP contribution in [0.5, 0.6) is 5.88 Å². The maximum atomic E-state index is 12.4. The van der Waals surface area contributed by atoms with Crippen LogP contribution in [-0.2, 0) is 4.79 Å². The number of halogens is 3. The quantitative estimate of drug-likeness (QED) is 0.885. The minimum atomic E-state index is -4.46. The van der Waals surface area contributed by atoms with Gasteiger partial charge in [-0.25, -0.2) is 4.98 Å². The molecule has 23 heavy (non-hydrogen) atoms. The molecule has 1 aliphatic heterocycles. The smallest absolute Gasteiger partial charge is 0.406 e. The van der Waals surface area contributed by atoms with E-state index in [1.807, 2.05) is 0 Å². The molecule has 2 heterocycles. The van der Waals surface area contributed by atoms with E-state index in [0.29, 0.717) is 11.5 Å². The molecule has 0 radical (unpaired) electrons. The fourth-order valence-electron chi connectivity index (χ4n) is 2.32. The first kappa shape index (κ1) is 17.0. The van der Waals surface area contributed by atoms with Crippen molar-refractivity contribution in [2.75, 3.05) is 19.7 Å². The summed E-state index contributed by atoms with van der Waals surface area (Å²) in [6, 6.07) is 2.37. The topological polar surface area (TPSA) is 71.5 Å². The molecule has 2 amide bonds. The highest BCUT2D eigenvalue weighted by Crippen LogP contribution is 2.21. The van der Waals surface area contributed by atoms with Crippen LogP contribution >= 0.6 is 0 Å². The molecule has 1 atom stereocenters. The van der Waals surface area contributed by atoms with Crippen molar-refractivity contribution in [3.63, 3.8) is 0 Å². The number of alkyl halides is 3. The Bertz CT molecular complexity index is 592. The molecule has 0 aromatic carbocycles. The molecule has 0 unspecified atom stereocenters. The largest absolute Gasteiger partial charge is 0.477 e. The Kier molecular flexibility index (Phi) is 5.07. The third-order valence-electron chi connectivity index (χ3n) is 3.22. The van der Waals surface area contributed by atoms with Gasteiger partial charge in [-0.3, -0.25) is 9.59 Å². The first-order valence-corrected chi connectivity index (χ1v) is 7.03. The fourth-order valence-corrected chi connectivity index (χ4v) is 2.32. The zero-order valence-electron chi connectivity index (χ0n) is 12.4. The summed E-state index contributed by atoms with van der Waals surface area (Å²) in [7, 11) is 0. The standard InChI is InChI=1S/C14H16F3N3O3/c1-2-23-13-10(4-3-5-18-13)12(22)19-9-6-11(21)20(7-9)8-14(15,16)17/h3-5,9H,2,6-8H2,1H3,(H,19,22)/t9-/m0/s1. The fraction of sp³-hybridized carbons (Fsp3) is 0.500. The molecule has 1 aromatic heterocycles. The van der Waals surface area contributed by atoms with Gasteiger partial charge in [-0.1, -0.05) is 0 Å². The number of ether oxygens (including phenoxy) is 1. The molecule has 0 bridgehead atoms. The lowest BCUT2D eigenvalue weighted by molar-refractivity contribution is -0.157. The Morgan fingerprint density at radius 3 is 2.91 bits per heavy atom. The van der Waals surface area contributed by atoms with Crippen molar-refractivity contribution in [2.24, 2.45) is 0 Å². The van der Waals surface area contributed by atoms with E-state index in [1.54, 1.807) is 13.0 Å². The van der Waals surface area contributed by atoms with Crippen molar-refractivity contribution in [2.45, 2.75) is 25.6 Å². The number of likely N-dealkylation sites (tertiary alicyclic amines) is 1. The molecular weight excluding hydrogens is 315 g/mol. The summed E-state index contributed by atoms with van der Waals surface area (Å²) >= 11 is 0. The Balaban J connectivity index is 2.00. The highest BCUT2D eigenvalue weighted by atomic mass is 19.4. The summed E-state index contributed by atoms with van der Waals surface area (Å²) in [6.45, 7) is 0.573. The van der Waals surface area contributed by atoms with Crippen LogP contribution in [0.1, 0.15) is 23.7 Å². The number of carbonyl (C=O) groups is 2. The predicted molar refractivity (Wildman–Crippen MR) is 73.9 cm³/mol. The third kappa shape index (κ3) is 4.57. The molecule has 0 spiro atoms. The number of hydrogen-bond donors (Lipinski definition) is 1. The van der Waals surface area contributed by atoms with Crippen molar-refractivity contribution in [3.8, 4) is 5.88 Å². The summed E-state index contributed by atoms with van der Waals surface area (Å²) in [5.41, 5.74) is 0.177. The van der Waals surface area contributed by atoms with Gasteiger partial charge >= 0.3 is 6.18 Å². The highest BCUT2D eigenvalue weighted by Gasteiger charge is 2.38. The normalized spacial score (nSPS) is 18.2. The van der Waals surface area contributed by atoms with E-state index in [0.717, 1.165) is 0 Å². The van der Waals surface area contributed by atoms with E-state index in [2.05, 4.69) is 10.3 Å². The monoisotopic (exact) mass is 331 g/mol. The SMILES string of the molecule is CCOc1ncccc1C(=O)N[C@H]1CC(=O)N(CC(F)(F)F)C1. The number of amides is 2. The minimum absolute atomic E-state index is 0.143. The molecule has 1 fully saturated rings. The summed E-state index contributed by atoms with van der Waals surface area (Å²) in [4.78, 5) is 28.4. The molecule has 1 aliphatic rings. The lowest BCUT2D eigenvalue weighted by Crippen LogP contribution is -2.39. The minimum Gasteiger partial charge on any atom is -0.477 e. The molecule has 0 saturated carbocycles. The van der Waals surface area contributed by atoms with Gasteiger partial charge in [0.1, 0.15) is 12.1 Å². The molecule has 9 heteroatoms. The van der Waals surface area contributed by atoms with Gasteiger partial charge in [0.15, 0.2) is 0 Å². The number of carbonyl (C=O) groups excluding carboxylic acids is 2. The van der Waals surface area contributed by atoms with Crippen molar-refractivity contribution >= 4 is 11.8 Å². The Hall–Kier alpha value is -2.32. The number of rotatable bonds is 5. The van der Waals surface area contributed by atoms with Gasteiger partial charge in [0, 0.05) is 19.2 Å².